The van der Waals surface area contributed by atoms with E-state index < -0.39 is 0 Å². The van der Waals surface area contributed by atoms with Crippen LogP contribution in [0.15, 0.2) is 30.6 Å². The monoisotopic (exact) mass is 306 g/mol. The van der Waals surface area contributed by atoms with Crippen LogP contribution in [0.3, 0.4) is 0 Å². The number of carbonyl (C=O) groups excluding carboxylic acids is 1. The van der Waals surface area contributed by atoms with Crippen molar-refractivity contribution in [3.8, 4) is 0 Å². The van der Waals surface area contributed by atoms with Crippen molar-refractivity contribution < 1.29 is 4.79 Å². The van der Waals surface area contributed by atoms with Crippen molar-refractivity contribution in [1.29, 1.82) is 0 Å². The Morgan fingerprint density at radius 3 is 2.87 bits per heavy atom. The molecule has 0 aliphatic heterocycles. The molecule has 0 bridgehead atoms. The van der Waals surface area contributed by atoms with Gasteiger partial charge in [0, 0.05) is 17.1 Å². The van der Waals surface area contributed by atoms with Crippen molar-refractivity contribution in [2.45, 2.75) is 33.1 Å². The van der Waals surface area contributed by atoms with Gasteiger partial charge in [0.05, 0.1) is 0 Å². The second kappa shape index (κ2) is 5.19. The molecule has 0 atom stereocenters. The maximum atomic E-state index is 12.6. The number of carbonyl (C=O) groups is 1. The fourth-order valence-electron chi connectivity index (χ4n) is 3.28. The number of amides is 1. The summed E-state index contributed by atoms with van der Waals surface area (Å²) in [5, 5.41) is 2.95. The molecule has 5 nitrogen and oxygen atoms in total. The number of hydrogen-bond acceptors (Lipinski definition) is 3. The van der Waals surface area contributed by atoms with Crippen molar-refractivity contribution in [2.24, 2.45) is 0 Å². The molecule has 1 aromatic carbocycles. The number of benzene rings is 1. The third-order valence-electron chi connectivity index (χ3n) is 4.39. The van der Waals surface area contributed by atoms with Crippen molar-refractivity contribution in [3.63, 3.8) is 0 Å². The molecular weight excluding hydrogens is 288 g/mol. The molecular formula is C18H18N4O. The molecule has 2 aromatic heterocycles. The van der Waals surface area contributed by atoms with Gasteiger partial charge in [-0.05, 0) is 62.4 Å². The van der Waals surface area contributed by atoms with E-state index in [1.807, 2.05) is 30.4 Å². The number of anilines is 1. The van der Waals surface area contributed by atoms with Gasteiger partial charge in [-0.2, -0.15) is 0 Å². The van der Waals surface area contributed by atoms with Crippen LogP contribution in [-0.2, 0) is 12.8 Å². The van der Waals surface area contributed by atoms with E-state index in [0.717, 1.165) is 29.9 Å². The van der Waals surface area contributed by atoms with Crippen LogP contribution in [0.5, 0.6) is 0 Å². The van der Waals surface area contributed by atoms with Gasteiger partial charge < -0.3 is 5.32 Å². The smallest absolute Gasteiger partial charge is 0.278 e. The topological polar surface area (TPSA) is 59.3 Å². The normalized spacial score (nSPS) is 13.3. The van der Waals surface area contributed by atoms with E-state index in [4.69, 9.17) is 0 Å². The lowest BCUT2D eigenvalue weighted by Crippen LogP contribution is -2.13. The lowest BCUT2D eigenvalue weighted by atomic mass is 10.1. The summed E-state index contributed by atoms with van der Waals surface area (Å²) in [6, 6.07) is 8.11. The Balaban J connectivity index is 1.67. The number of imidazole rings is 1. The number of aromatic nitrogens is 3. The zero-order valence-corrected chi connectivity index (χ0v) is 13.3. The molecule has 116 valence electrons. The Kier molecular flexibility index (Phi) is 3.15. The van der Waals surface area contributed by atoms with Crippen LogP contribution in [0.25, 0.3) is 5.65 Å². The molecule has 23 heavy (non-hydrogen) atoms. The average Bonchev–Trinajstić information content (AvgIpc) is 3.12. The molecule has 0 saturated carbocycles. The van der Waals surface area contributed by atoms with Crippen LogP contribution in [0.2, 0.25) is 0 Å². The molecule has 0 spiro atoms. The van der Waals surface area contributed by atoms with Crippen molar-refractivity contribution in [3.05, 3.63) is 58.8 Å². The number of aryl methyl sites for hydroxylation is 4. The quantitative estimate of drug-likeness (QED) is 0.791. The standard InChI is InChI=1S/C18H18N4O/c1-11-8-12(2)22-10-19-16(17(22)20-11)18(23)21-15-7-6-13-4-3-5-14(13)9-15/h6-10H,3-5H2,1-2H3,(H,21,23). The second-order valence-electron chi connectivity index (χ2n) is 6.12. The summed E-state index contributed by atoms with van der Waals surface area (Å²) in [6.07, 6.45) is 5.07. The number of nitrogens with one attached hydrogen (secondary N) is 1. The fraction of sp³-hybridized carbons (Fsp3) is 0.278. The van der Waals surface area contributed by atoms with Gasteiger partial charge >= 0.3 is 0 Å². The molecule has 0 fully saturated rings. The Morgan fingerprint density at radius 1 is 1.17 bits per heavy atom. The first kappa shape index (κ1) is 13.9. The average molecular weight is 306 g/mol. The summed E-state index contributed by atoms with van der Waals surface area (Å²) in [6.45, 7) is 3.90. The lowest BCUT2D eigenvalue weighted by molar-refractivity contribution is 0.102. The van der Waals surface area contributed by atoms with E-state index in [0.29, 0.717) is 11.3 Å². The molecule has 1 N–H and O–H groups in total. The summed E-state index contributed by atoms with van der Waals surface area (Å²) in [7, 11) is 0. The molecule has 4 rings (SSSR count). The van der Waals surface area contributed by atoms with E-state index in [-0.39, 0.29) is 5.91 Å². The Hall–Kier alpha value is -2.69. The molecule has 0 saturated heterocycles. The molecule has 3 aromatic rings. The Bertz CT molecular complexity index is 926. The zero-order chi connectivity index (χ0) is 16.0. The number of hydrogen-bond donors (Lipinski definition) is 1. The van der Waals surface area contributed by atoms with Gasteiger partial charge in [-0.15, -0.1) is 0 Å². The largest absolute Gasteiger partial charge is 0.321 e. The van der Waals surface area contributed by atoms with Crippen LogP contribution >= 0.6 is 0 Å². The molecule has 0 unspecified atom stereocenters. The summed E-state index contributed by atoms with van der Waals surface area (Å²) in [5.74, 6) is -0.219. The minimum Gasteiger partial charge on any atom is -0.321 e. The Labute approximate surface area is 134 Å². The highest BCUT2D eigenvalue weighted by Crippen LogP contribution is 2.25. The van der Waals surface area contributed by atoms with Crippen molar-refractivity contribution in [1.82, 2.24) is 14.4 Å². The van der Waals surface area contributed by atoms with Crippen LogP contribution in [0.1, 0.15) is 39.4 Å². The third-order valence-corrected chi connectivity index (χ3v) is 4.39. The number of fused-ring (bicyclic) bond motifs is 2. The zero-order valence-electron chi connectivity index (χ0n) is 13.3. The summed E-state index contributed by atoms with van der Waals surface area (Å²) in [5.41, 5.74) is 6.39. The minimum atomic E-state index is -0.219. The van der Waals surface area contributed by atoms with Gasteiger partial charge in [0.25, 0.3) is 5.91 Å². The van der Waals surface area contributed by atoms with Gasteiger partial charge in [0.2, 0.25) is 0 Å². The highest BCUT2D eigenvalue weighted by Gasteiger charge is 2.17. The van der Waals surface area contributed by atoms with E-state index in [9.17, 15) is 4.79 Å². The SMILES string of the molecule is Cc1cc(C)n2cnc(C(=O)Nc3ccc4c(c3)CCC4)c2n1. The first-order chi connectivity index (χ1) is 11.1. The summed E-state index contributed by atoms with van der Waals surface area (Å²) in [4.78, 5) is 21.3. The maximum Gasteiger partial charge on any atom is 0.278 e. The van der Waals surface area contributed by atoms with Crippen molar-refractivity contribution in [2.75, 3.05) is 5.32 Å². The molecule has 2 heterocycles. The predicted octanol–water partition coefficient (Wildman–Crippen LogP) is 3.09. The number of rotatable bonds is 2. The van der Waals surface area contributed by atoms with Gasteiger partial charge in [0.1, 0.15) is 6.33 Å². The van der Waals surface area contributed by atoms with E-state index in [2.05, 4.69) is 27.4 Å². The molecule has 1 aliphatic rings. The van der Waals surface area contributed by atoms with Crippen LogP contribution in [0.4, 0.5) is 5.69 Å². The molecule has 5 heteroatoms. The first-order valence-electron chi connectivity index (χ1n) is 7.86. The van der Waals surface area contributed by atoms with Gasteiger partial charge in [0.15, 0.2) is 11.3 Å². The van der Waals surface area contributed by atoms with Gasteiger partial charge in [-0.3, -0.25) is 9.20 Å². The summed E-state index contributed by atoms with van der Waals surface area (Å²) < 4.78 is 1.84. The fourth-order valence-corrected chi connectivity index (χ4v) is 3.28. The van der Waals surface area contributed by atoms with Crippen LogP contribution in [0, 0.1) is 13.8 Å². The van der Waals surface area contributed by atoms with E-state index in [1.54, 1.807) is 6.33 Å². The highest BCUT2D eigenvalue weighted by molar-refractivity contribution is 6.06. The minimum absolute atomic E-state index is 0.219. The predicted molar refractivity (Wildman–Crippen MR) is 88.9 cm³/mol. The second-order valence-corrected chi connectivity index (χ2v) is 6.12. The van der Waals surface area contributed by atoms with Crippen molar-refractivity contribution >= 4 is 17.2 Å². The lowest BCUT2D eigenvalue weighted by Gasteiger charge is -2.07. The summed E-state index contributed by atoms with van der Waals surface area (Å²) >= 11 is 0. The first-order valence-corrected chi connectivity index (χ1v) is 7.86. The highest BCUT2D eigenvalue weighted by atomic mass is 16.1. The van der Waals surface area contributed by atoms with E-state index in [1.165, 1.54) is 17.5 Å². The number of nitrogens with zero attached hydrogens (tertiary/aromatic N) is 3. The van der Waals surface area contributed by atoms with Gasteiger partial charge in [-0.1, -0.05) is 6.07 Å². The molecule has 1 aliphatic carbocycles. The maximum absolute atomic E-state index is 12.6. The Morgan fingerprint density at radius 2 is 2.00 bits per heavy atom. The van der Waals surface area contributed by atoms with Crippen LogP contribution in [-0.4, -0.2) is 20.3 Å². The van der Waals surface area contributed by atoms with E-state index >= 15 is 0 Å². The van der Waals surface area contributed by atoms with Crippen LogP contribution < -0.4 is 5.32 Å². The molecule has 1 amide bonds. The van der Waals surface area contributed by atoms with Gasteiger partial charge in [-0.25, -0.2) is 9.97 Å². The third kappa shape index (κ3) is 2.38. The molecule has 0 radical (unpaired) electrons.